The maximum absolute atomic E-state index is 9.63. The van der Waals surface area contributed by atoms with E-state index in [1.807, 2.05) is 30.3 Å². The van der Waals surface area contributed by atoms with E-state index in [1.165, 1.54) is 11.8 Å². The SMILES string of the molecule is N#Cc1ccccc1Sc1ccccc1O. The van der Waals surface area contributed by atoms with Crippen LogP contribution in [0.15, 0.2) is 58.3 Å². The van der Waals surface area contributed by atoms with E-state index in [4.69, 9.17) is 5.26 Å². The third kappa shape index (κ3) is 2.18. The molecule has 0 amide bonds. The lowest BCUT2D eigenvalue weighted by molar-refractivity contribution is 0.462. The Morgan fingerprint density at radius 1 is 0.938 bits per heavy atom. The summed E-state index contributed by atoms with van der Waals surface area (Å²) < 4.78 is 0. The highest BCUT2D eigenvalue weighted by Gasteiger charge is 2.05. The van der Waals surface area contributed by atoms with Crippen LogP contribution >= 0.6 is 11.8 Å². The van der Waals surface area contributed by atoms with Gasteiger partial charge in [0.1, 0.15) is 11.8 Å². The molecule has 0 radical (unpaired) electrons. The smallest absolute Gasteiger partial charge is 0.129 e. The molecule has 0 fully saturated rings. The molecule has 2 aromatic rings. The van der Waals surface area contributed by atoms with Gasteiger partial charge in [-0.25, -0.2) is 0 Å². The number of nitriles is 1. The van der Waals surface area contributed by atoms with E-state index in [0.717, 1.165) is 9.79 Å². The van der Waals surface area contributed by atoms with Crippen LogP contribution in [0.2, 0.25) is 0 Å². The molecule has 0 aromatic heterocycles. The maximum Gasteiger partial charge on any atom is 0.129 e. The van der Waals surface area contributed by atoms with Gasteiger partial charge in [-0.1, -0.05) is 36.0 Å². The molecule has 2 nitrogen and oxygen atoms in total. The third-order valence-corrected chi connectivity index (χ3v) is 3.23. The first-order valence-corrected chi connectivity index (χ1v) is 5.58. The summed E-state index contributed by atoms with van der Waals surface area (Å²) in [5, 5.41) is 18.6. The number of nitrogens with zero attached hydrogens (tertiary/aromatic N) is 1. The average Bonchev–Trinajstić information content (AvgIpc) is 2.33. The fraction of sp³-hybridized carbons (Fsp3) is 0. The van der Waals surface area contributed by atoms with Crippen LogP contribution in [0, 0.1) is 11.3 Å². The van der Waals surface area contributed by atoms with Crippen molar-refractivity contribution in [1.29, 1.82) is 5.26 Å². The van der Waals surface area contributed by atoms with Crippen LogP contribution in [-0.4, -0.2) is 5.11 Å². The first kappa shape index (κ1) is 10.6. The highest BCUT2D eigenvalue weighted by atomic mass is 32.2. The zero-order chi connectivity index (χ0) is 11.4. The number of rotatable bonds is 2. The molecule has 0 saturated heterocycles. The van der Waals surface area contributed by atoms with Crippen molar-refractivity contribution in [3.8, 4) is 11.8 Å². The van der Waals surface area contributed by atoms with Gasteiger partial charge in [0.2, 0.25) is 0 Å². The predicted octanol–water partition coefficient (Wildman–Crippen LogP) is 3.42. The van der Waals surface area contributed by atoms with Crippen molar-refractivity contribution >= 4 is 11.8 Å². The van der Waals surface area contributed by atoms with E-state index >= 15 is 0 Å². The predicted molar refractivity (Wildman–Crippen MR) is 63.4 cm³/mol. The van der Waals surface area contributed by atoms with Gasteiger partial charge < -0.3 is 5.11 Å². The number of para-hydroxylation sites is 1. The summed E-state index contributed by atoms with van der Waals surface area (Å²) in [7, 11) is 0. The van der Waals surface area contributed by atoms with E-state index < -0.39 is 0 Å². The van der Waals surface area contributed by atoms with Crippen LogP contribution in [-0.2, 0) is 0 Å². The summed E-state index contributed by atoms with van der Waals surface area (Å²) in [4.78, 5) is 1.61. The zero-order valence-electron chi connectivity index (χ0n) is 8.42. The Labute approximate surface area is 98.2 Å². The molecule has 0 atom stereocenters. The standard InChI is InChI=1S/C13H9NOS/c14-9-10-5-1-3-7-12(10)16-13-8-4-2-6-11(13)15/h1-8,15H. The van der Waals surface area contributed by atoms with Crippen molar-refractivity contribution in [2.75, 3.05) is 0 Å². The minimum Gasteiger partial charge on any atom is -0.507 e. The molecule has 0 aliphatic carbocycles. The second kappa shape index (κ2) is 4.73. The Kier molecular flexibility index (Phi) is 3.13. The molecule has 0 bridgehead atoms. The average molecular weight is 227 g/mol. The Morgan fingerprint density at radius 3 is 2.25 bits per heavy atom. The molecule has 0 heterocycles. The first-order chi connectivity index (χ1) is 7.81. The summed E-state index contributed by atoms with van der Waals surface area (Å²) in [6.45, 7) is 0. The Morgan fingerprint density at radius 2 is 1.56 bits per heavy atom. The summed E-state index contributed by atoms with van der Waals surface area (Å²) in [5.41, 5.74) is 0.621. The van der Waals surface area contributed by atoms with Crippen molar-refractivity contribution in [3.05, 3.63) is 54.1 Å². The van der Waals surface area contributed by atoms with Gasteiger partial charge in [-0.05, 0) is 24.3 Å². The molecule has 0 saturated carbocycles. The van der Waals surface area contributed by atoms with Gasteiger partial charge in [0, 0.05) is 4.90 Å². The number of phenols is 1. The van der Waals surface area contributed by atoms with Gasteiger partial charge in [-0.3, -0.25) is 0 Å². The number of benzene rings is 2. The van der Waals surface area contributed by atoms with E-state index in [1.54, 1.807) is 18.2 Å². The van der Waals surface area contributed by atoms with Crippen LogP contribution in [0.1, 0.15) is 5.56 Å². The number of hydrogen-bond acceptors (Lipinski definition) is 3. The molecule has 3 heteroatoms. The van der Waals surface area contributed by atoms with E-state index in [9.17, 15) is 5.11 Å². The second-order valence-electron chi connectivity index (χ2n) is 3.18. The van der Waals surface area contributed by atoms with Crippen LogP contribution < -0.4 is 0 Å². The van der Waals surface area contributed by atoms with Crippen molar-refractivity contribution in [3.63, 3.8) is 0 Å². The van der Waals surface area contributed by atoms with Crippen molar-refractivity contribution in [2.24, 2.45) is 0 Å². The van der Waals surface area contributed by atoms with Crippen LogP contribution in [0.3, 0.4) is 0 Å². The molecular weight excluding hydrogens is 218 g/mol. The summed E-state index contributed by atoms with van der Waals surface area (Å²) >= 11 is 1.39. The molecule has 0 spiro atoms. The van der Waals surface area contributed by atoms with Crippen LogP contribution in [0.25, 0.3) is 0 Å². The van der Waals surface area contributed by atoms with E-state index in [0.29, 0.717) is 5.56 Å². The molecule has 0 unspecified atom stereocenters. The molecule has 78 valence electrons. The zero-order valence-corrected chi connectivity index (χ0v) is 9.24. The summed E-state index contributed by atoms with van der Waals surface area (Å²) in [6, 6.07) is 16.6. The highest BCUT2D eigenvalue weighted by molar-refractivity contribution is 7.99. The lowest BCUT2D eigenvalue weighted by Gasteiger charge is -2.04. The maximum atomic E-state index is 9.63. The Hall–Kier alpha value is -1.92. The van der Waals surface area contributed by atoms with Gasteiger partial charge >= 0.3 is 0 Å². The van der Waals surface area contributed by atoms with E-state index in [-0.39, 0.29) is 5.75 Å². The normalized spacial score (nSPS) is 9.69. The molecular formula is C13H9NOS. The largest absolute Gasteiger partial charge is 0.507 e. The van der Waals surface area contributed by atoms with Crippen LogP contribution in [0.5, 0.6) is 5.75 Å². The number of hydrogen-bond donors (Lipinski definition) is 1. The fourth-order valence-corrected chi connectivity index (χ4v) is 2.24. The Bertz CT molecular complexity index is 546. The molecule has 16 heavy (non-hydrogen) atoms. The van der Waals surface area contributed by atoms with Gasteiger partial charge in [0.25, 0.3) is 0 Å². The summed E-state index contributed by atoms with van der Waals surface area (Å²) in [5.74, 6) is 0.236. The molecule has 2 rings (SSSR count). The molecule has 0 aliphatic rings. The third-order valence-electron chi connectivity index (χ3n) is 2.09. The van der Waals surface area contributed by atoms with Gasteiger partial charge in [-0.15, -0.1) is 0 Å². The van der Waals surface area contributed by atoms with Crippen molar-refractivity contribution in [2.45, 2.75) is 9.79 Å². The lowest BCUT2D eigenvalue weighted by Crippen LogP contribution is -1.80. The monoisotopic (exact) mass is 227 g/mol. The fourth-order valence-electron chi connectivity index (χ4n) is 1.31. The Balaban J connectivity index is 2.35. The number of phenolic OH excluding ortho intramolecular Hbond substituents is 1. The second-order valence-corrected chi connectivity index (χ2v) is 4.26. The lowest BCUT2D eigenvalue weighted by atomic mass is 10.2. The minimum atomic E-state index is 0.236. The molecule has 2 aromatic carbocycles. The molecule has 1 N–H and O–H groups in total. The first-order valence-electron chi connectivity index (χ1n) is 4.76. The number of aromatic hydroxyl groups is 1. The summed E-state index contributed by atoms with van der Waals surface area (Å²) in [6.07, 6.45) is 0. The quantitative estimate of drug-likeness (QED) is 0.855. The topological polar surface area (TPSA) is 44.0 Å². The van der Waals surface area contributed by atoms with Gasteiger partial charge in [-0.2, -0.15) is 5.26 Å². The van der Waals surface area contributed by atoms with Crippen LogP contribution in [0.4, 0.5) is 0 Å². The van der Waals surface area contributed by atoms with E-state index in [2.05, 4.69) is 6.07 Å². The van der Waals surface area contributed by atoms with Gasteiger partial charge in [0.15, 0.2) is 0 Å². The van der Waals surface area contributed by atoms with Crippen molar-refractivity contribution in [1.82, 2.24) is 0 Å². The molecule has 0 aliphatic heterocycles. The van der Waals surface area contributed by atoms with Crippen molar-refractivity contribution < 1.29 is 5.11 Å². The van der Waals surface area contributed by atoms with Gasteiger partial charge in [0.05, 0.1) is 10.5 Å². The highest BCUT2D eigenvalue weighted by Crippen LogP contribution is 2.35. The minimum absolute atomic E-state index is 0.236.